The molecule has 0 amide bonds. The van der Waals surface area contributed by atoms with Crippen molar-refractivity contribution in [1.82, 2.24) is 9.71 Å². The zero-order valence-corrected chi connectivity index (χ0v) is 11.4. The van der Waals surface area contributed by atoms with Crippen LogP contribution in [0.5, 0.6) is 0 Å². The summed E-state index contributed by atoms with van der Waals surface area (Å²) in [7, 11) is -3.55. The molecule has 0 saturated heterocycles. The Labute approximate surface area is 108 Å². The van der Waals surface area contributed by atoms with Crippen molar-refractivity contribution >= 4 is 15.7 Å². The van der Waals surface area contributed by atoms with Gasteiger partial charge in [0.2, 0.25) is 0 Å². The lowest BCUT2D eigenvalue weighted by Gasteiger charge is -2.08. The zero-order chi connectivity index (χ0) is 13.6. The molecule has 0 aliphatic rings. The van der Waals surface area contributed by atoms with Crippen LogP contribution >= 0.6 is 0 Å². The highest BCUT2D eigenvalue weighted by Crippen LogP contribution is 2.07. The molecule has 0 aliphatic heterocycles. The van der Waals surface area contributed by atoms with Gasteiger partial charge in [-0.1, -0.05) is 0 Å². The molecule has 1 rings (SSSR count). The van der Waals surface area contributed by atoms with Gasteiger partial charge >= 0.3 is 0 Å². The van der Waals surface area contributed by atoms with E-state index in [4.69, 9.17) is 10.5 Å². The normalized spacial score (nSPS) is 11.9. The summed E-state index contributed by atoms with van der Waals surface area (Å²) in [6.45, 7) is 4.71. The number of sulfonamides is 1. The smallest absolute Gasteiger partial charge is 0.258 e. The van der Waals surface area contributed by atoms with Gasteiger partial charge in [-0.05, 0) is 32.4 Å². The first-order valence-electron chi connectivity index (χ1n) is 5.74. The van der Waals surface area contributed by atoms with Crippen LogP contribution in [0.2, 0.25) is 0 Å². The van der Waals surface area contributed by atoms with Crippen molar-refractivity contribution in [2.24, 2.45) is 0 Å². The summed E-state index contributed by atoms with van der Waals surface area (Å²) in [6.07, 6.45) is 2.09. The van der Waals surface area contributed by atoms with Crippen LogP contribution in [0.25, 0.3) is 0 Å². The molecule has 0 fully saturated rings. The number of pyridine rings is 1. The van der Waals surface area contributed by atoms with Crippen LogP contribution in [0.3, 0.4) is 0 Å². The lowest BCUT2D eigenvalue weighted by Crippen LogP contribution is -2.26. The Bertz CT molecular complexity index is 457. The van der Waals surface area contributed by atoms with E-state index >= 15 is 0 Å². The van der Waals surface area contributed by atoms with Crippen LogP contribution in [-0.4, -0.2) is 32.7 Å². The summed E-state index contributed by atoms with van der Waals surface area (Å²) in [5.74, 6) is 0. The van der Waals surface area contributed by atoms with Crippen LogP contribution < -0.4 is 10.5 Å². The quantitative estimate of drug-likeness (QED) is 0.715. The number of hydrogen-bond acceptors (Lipinski definition) is 5. The lowest BCUT2D eigenvalue weighted by atomic mass is 10.4. The Morgan fingerprint density at radius 3 is 2.72 bits per heavy atom. The number of nitrogens with two attached hydrogens (primary N) is 1. The van der Waals surface area contributed by atoms with E-state index in [0.717, 1.165) is 0 Å². The van der Waals surface area contributed by atoms with E-state index in [0.29, 0.717) is 25.3 Å². The zero-order valence-electron chi connectivity index (χ0n) is 10.6. The van der Waals surface area contributed by atoms with Gasteiger partial charge in [-0.25, -0.2) is 18.1 Å². The SMILES string of the molecule is CC(C)OCCCNS(=O)(=O)c1ccc(N)cn1. The van der Waals surface area contributed by atoms with Crippen LogP contribution in [-0.2, 0) is 14.8 Å². The second kappa shape index (κ2) is 6.67. The third-order valence-corrected chi connectivity index (χ3v) is 3.48. The minimum Gasteiger partial charge on any atom is -0.397 e. The highest BCUT2D eigenvalue weighted by Gasteiger charge is 2.14. The molecule has 6 nitrogen and oxygen atoms in total. The molecule has 7 heteroatoms. The van der Waals surface area contributed by atoms with Gasteiger partial charge in [0.05, 0.1) is 18.0 Å². The van der Waals surface area contributed by atoms with E-state index in [1.165, 1.54) is 18.3 Å². The second-order valence-electron chi connectivity index (χ2n) is 4.10. The molecule has 0 atom stereocenters. The van der Waals surface area contributed by atoms with Gasteiger partial charge in [0.15, 0.2) is 5.03 Å². The molecule has 1 heterocycles. The van der Waals surface area contributed by atoms with Gasteiger partial charge in [-0.2, -0.15) is 0 Å². The average molecular weight is 273 g/mol. The van der Waals surface area contributed by atoms with Crippen LogP contribution in [0, 0.1) is 0 Å². The monoisotopic (exact) mass is 273 g/mol. The maximum atomic E-state index is 11.8. The Morgan fingerprint density at radius 2 is 2.17 bits per heavy atom. The fourth-order valence-electron chi connectivity index (χ4n) is 1.22. The Kier molecular flexibility index (Phi) is 5.52. The molecule has 0 bridgehead atoms. The molecule has 0 aromatic carbocycles. The van der Waals surface area contributed by atoms with Crippen molar-refractivity contribution in [3.8, 4) is 0 Å². The number of anilines is 1. The van der Waals surface area contributed by atoms with Crippen molar-refractivity contribution < 1.29 is 13.2 Å². The second-order valence-corrected chi connectivity index (χ2v) is 5.81. The number of hydrogen-bond donors (Lipinski definition) is 2. The highest BCUT2D eigenvalue weighted by atomic mass is 32.2. The Hall–Kier alpha value is -1.18. The number of nitrogens with zero attached hydrogens (tertiary/aromatic N) is 1. The van der Waals surface area contributed by atoms with E-state index in [2.05, 4.69) is 9.71 Å². The highest BCUT2D eigenvalue weighted by molar-refractivity contribution is 7.89. The molecular formula is C11H19N3O3S. The molecule has 0 radical (unpaired) electrons. The number of nitrogens with one attached hydrogen (secondary N) is 1. The predicted molar refractivity (Wildman–Crippen MR) is 69.5 cm³/mol. The molecule has 0 saturated carbocycles. The molecule has 0 unspecified atom stereocenters. The topological polar surface area (TPSA) is 94.3 Å². The van der Waals surface area contributed by atoms with E-state index < -0.39 is 10.0 Å². The van der Waals surface area contributed by atoms with E-state index in [1.54, 1.807) is 0 Å². The summed E-state index contributed by atoms with van der Waals surface area (Å²) in [5, 5.41) is -0.0264. The third kappa shape index (κ3) is 4.99. The molecule has 1 aromatic heterocycles. The van der Waals surface area contributed by atoms with Crippen LogP contribution in [0.15, 0.2) is 23.4 Å². The third-order valence-electron chi connectivity index (χ3n) is 2.10. The lowest BCUT2D eigenvalue weighted by molar-refractivity contribution is 0.0778. The maximum Gasteiger partial charge on any atom is 0.258 e. The Balaban J connectivity index is 2.43. The predicted octanol–water partition coefficient (Wildman–Crippen LogP) is 0.757. The summed E-state index contributed by atoms with van der Waals surface area (Å²) >= 11 is 0. The molecule has 18 heavy (non-hydrogen) atoms. The van der Waals surface area contributed by atoms with Gasteiger partial charge in [-0.3, -0.25) is 0 Å². The van der Waals surface area contributed by atoms with E-state index in [-0.39, 0.29) is 11.1 Å². The van der Waals surface area contributed by atoms with Crippen molar-refractivity contribution in [3.63, 3.8) is 0 Å². The van der Waals surface area contributed by atoms with Gasteiger partial charge in [-0.15, -0.1) is 0 Å². The summed E-state index contributed by atoms with van der Waals surface area (Å²) in [6, 6.07) is 2.88. The molecule has 0 aliphatic carbocycles. The van der Waals surface area contributed by atoms with Crippen molar-refractivity contribution in [2.45, 2.75) is 31.4 Å². The molecule has 3 N–H and O–H groups in total. The van der Waals surface area contributed by atoms with Crippen molar-refractivity contribution in [3.05, 3.63) is 18.3 Å². The van der Waals surface area contributed by atoms with Gasteiger partial charge < -0.3 is 10.5 Å². The first kappa shape index (κ1) is 14.9. The average Bonchev–Trinajstić information content (AvgIpc) is 2.28. The summed E-state index contributed by atoms with van der Waals surface area (Å²) in [5.41, 5.74) is 5.87. The maximum absolute atomic E-state index is 11.8. The minimum absolute atomic E-state index is 0.0264. The van der Waals surface area contributed by atoms with Gasteiger partial charge in [0, 0.05) is 13.2 Å². The fraction of sp³-hybridized carbons (Fsp3) is 0.545. The molecule has 0 spiro atoms. The van der Waals surface area contributed by atoms with Crippen LogP contribution in [0.4, 0.5) is 5.69 Å². The van der Waals surface area contributed by atoms with E-state index in [9.17, 15) is 8.42 Å². The van der Waals surface area contributed by atoms with E-state index in [1.807, 2.05) is 13.8 Å². The van der Waals surface area contributed by atoms with Crippen molar-refractivity contribution in [1.29, 1.82) is 0 Å². The fourth-order valence-corrected chi connectivity index (χ4v) is 2.22. The first-order valence-corrected chi connectivity index (χ1v) is 7.23. The number of aromatic nitrogens is 1. The van der Waals surface area contributed by atoms with Crippen molar-refractivity contribution in [2.75, 3.05) is 18.9 Å². The van der Waals surface area contributed by atoms with Gasteiger partial charge in [0.25, 0.3) is 10.0 Å². The molecular weight excluding hydrogens is 254 g/mol. The standard InChI is InChI=1S/C11H19N3O3S/c1-9(2)17-7-3-6-14-18(15,16)11-5-4-10(12)8-13-11/h4-5,8-9,14H,3,6-7,12H2,1-2H3. The number of ether oxygens (including phenoxy) is 1. The summed E-state index contributed by atoms with van der Waals surface area (Å²) in [4.78, 5) is 3.77. The summed E-state index contributed by atoms with van der Waals surface area (Å²) < 4.78 is 31.3. The molecule has 102 valence electrons. The van der Waals surface area contributed by atoms with Gasteiger partial charge in [0.1, 0.15) is 0 Å². The Morgan fingerprint density at radius 1 is 1.44 bits per heavy atom. The minimum atomic E-state index is -3.55. The molecule has 1 aromatic rings. The number of rotatable bonds is 7. The largest absolute Gasteiger partial charge is 0.397 e. The number of nitrogen functional groups attached to an aromatic ring is 1. The first-order chi connectivity index (χ1) is 8.42. The van der Waals surface area contributed by atoms with Crippen LogP contribution in [0.1, 0.15) is 20.3 Å².